The van der Waals surface area contributed by atoms with E-state index < -0.39 is 23.6 Å². The summed E-state index contributed by atoms with van der Waals surface area (Å²) in [6, 6.07) is 14.8. The van der Waals surface area contributed by atoms with Crippen molar-refractivity contribution in [1.82, 2.24) is 0 Å². The average Bonchev–Trinajstić information content (AvgIpc) is 3.30. The number of amides is 1. The standard InChI is InChI=1S/C28H25F3N2O4S/c1-4-36-27(35)22-14-24(17(2)3)38-26(22)33-25(34)20(15-32)13-19-9-5-6-11-23(19)37-16-18-8-7-10-21(12-18)28(29,30)31/h5-14,17H,4,16H2,1-3H3,(H,33,34)/b20-13+. The molecule has 0 bridgehead atoms. The summed E-state index contributed by atoms with van der Waals surface area (Å²) >= 11 is 1.22. The summed E-state index contributed by atoms with van der Waals surface area (Å²) in [5.41, 5.74) is -0.148. The number of carbonyl (C=O) groups is 2. The molecule has 1 heterocycles. The third-order valence-electron chi connectivity index (χ3n) is 5.28. The molecule has 6 nitrogen and oxygen atoms in total. The minimum atomic E-state index is -4.47. The highest BCUT2D eigenvalue weighted by atomic mass is 32.1. The number of esters is 1. The van der Waals surface area contributed by atoms with E-state index in [9.17, 15) is 28.0 Å². The highest BCUT2D eigenvalue weighted by molar-refractivity contribution is 7.16. The van der Waals surface area contributed by atoms with Crippen LogP contribution in [0.25, 0.3) is 6.08 Å². The highest BCUT2D eigenvalue weighted by Crippen LogP contribution is 2.34. The third-order valence-corrected chi connectivity index (χ3v) is 6.63. The van der Waals surface area contributed by atoms with Crippen molar-refractivity contribution in [3.05, 3.63) is 87.3 Å². The number of halogens is 3. The number of carbonyl (C=O) groups excluding carboxylic acids is 2. The largest absolute Gasteiger partial charge is 0.488 e. The van der Waals surface area contributed by atoms with Gasteiger partial charge < -0.3 is 14.8 Å². The van der Waals surface area contributed by atoms with Gasteiger partial charge in [-0.25, -0.2) is 4.79 Å². The molecule has 0 saturated heterocycles. The van der Waals surface area contributed by atoms with Crippen molar-refractivity contribution in [2.24, 2.45) is 0 Å². The molecular weight excluding hydrogens is 517 g/mol. The van der Waals surface area contributed by atoms with Crippen LogP contribution >= 0.6 is 11.3 Å². The molecule has 2 aromatic carbocycles. The molecule has 3 rings (SSSR count). The monoisotopic (exact) mass is 542 g/mol. The zero-order valence-corrected chi connectivity index (χ0v) is 21.7. The normalized spacial score (nSPS) is 11.7. The van der Waals surface area contributed by atoms with Gasteiger partial charge in [0, 0.05) is 10.4 Å². The maximum absolute atomic E-state index is 13.0. The Bertz CT molecular complexity index is 1390. The number of benzene rings is 2. The van der Waals surface area contributed by atoms with Crippen molar-refractivity contribution in [1.29, 1.82) is 5.26 Å². The van der Waals surface area contributed by atoms with Crippen LogP contribution in [0.2, 0.25) is 0 Å². The van der Waals surface area contributed by atoms with E-state index in [0.717, 1.165) is 17.0 Å². The summed E-state index contributed by atoms with van der Waals surface area (Å²) in [5, 5.41) is 12.6. The Labute approximate surface area is 222 Å². The van der Waals surface area contributed by atoms with E-state index in [0.29, 0.717) is 11.1 Å². The molecule has 0 radical (unpaired) electrons. The third kappa shape index (κ3) is 7.23. The Morgan fingerprint density at radius 3 is 2.53 bits per heavy atom. The Balaban J connectivity index is 1.83. The molecule has 1 N–H and O–H groups in total. The van der Waals surface area contributed by atoms with Crippen LogP contribution in [0.1, 0.15) is 58.6 Å². The Hall–Kier alpha value is -4.10. The van der Waals surface area contributed by atoms with Gasteiger partial charge in [0.2, 0.25) is 0 Å². The number of nitrogens with one attached hydrogen (secondary N) is 1. The fourth-order valence-corrected chi connectivity index (χ4v) is 4.40. The van der Waals surface area contributed by atoms with Crippen LogP contribution in [0.4, 0.5) is 18.2 Å². The second kappa shape index (κ2) is 12.4. The molecule has 38 heavy (non-hydrogen) atoms. The predicted molar refractivity (Wildman–Crippen MR) is 139 cm³/mol. The number of alkyl halides is 3. The highest BCUT2D eigenvalue weighted by Gasteiger charge is 2.30. The number of anilines is 1. The first-order chi connectivity index (χ1) is 18.0. The number of thiophene rings is 1. The van der Waals surface area contributed by atoms with Crippen molar-refractivity contribution < 1.29 is 32.2 Å². The number of para-hydroxylation sites is 1. The first-order valence-electron chi connectivity index (χ1n) is 11.7. The van der Waals surface area contributed by atoms with Crippen LogP contribution in [0.3, 0.4) is 0 Å². The van der Waals surface area contributed by atoms with Gasteiger partial charge in [0.15, 0.2) is 0 Å². The minimum absolute atomic E-state index is 0.102. The molecule has 0 spiro atoms. The fourth-order valence-electron chi connectivity index (χ4n) is 3.35. The maximum Gasteiger partial charge on any atom is 0.416 e. The predicted octanol–water partition coefficient (Wildman–Crippen LogP) is 7.19. The number of hydrogen-bond acceptors (Lipinski definition) is 6. The summed E-state index contributed by atoms with van der Waals surface area (Å²) in [6.45, 7) is 5.58. The zero-order valence-electron chi connectivity index (χ0n) is 20.9. The molecule has 3 aromatic rings. The maximum atomic E-state index is 13.0. The first-order valence-corrected chi connectivity index (χ1v) is 12.5. The topological polar surface area (TPSA) is 88.4 Å². The first kappa shape index (κ1) is 28.5. The summed E-state index contributed by atoms with van der Waals surface area (Å²) in [7, 11) is 0. The molecule has 0 aliphatic rings. The lowest BCUT2D eigenvalue weighted by molar-refractivity contribution is -0.137. The quantitative estimate of drug-likeness (QED) is 0.176. The number of hydrogen-bond donors (Lipinski definition) is 1. The van der Waals surface area contributed by atoms with Crippen LogP contribution in [-0.2, 0) is 22.3 Å². The molecule has 0 aliphatic carbocycles. The van der Waals surface area contributed by atoms with Gasteiger partial charge in [0.1, 0.15) is 29.0 Å². The van der Waals surface area contributed by atoms with Gasteiger partial charge in [-0.1, -0.05) is 44.2 Å². The summed E-state index contributed by atoms with van der Waals surface area (Å²) in [4.78, 5) is 26.2. The SMILES string of the molecule is CCOC(=O)c1cc(C(C)C)sc1NC(=O)/C(C#N)=C/c1ccccc1OCc1cccc(C(F)(F)F)c1. The average molecular weight is 543 g/mol. The molecule has 10 heteroatoms. The Morgan fingerprint density at radius 2 is 1.87 bits per heavy atom. The summed E-state index contributed by atoms with van der Waals surface area (Å²) in [6.07, 6.45) is -3.16. The second-order valence-electron chi connectivity index (χ2n) is 8.42. The van der Waals surface area contributed by atoms with Gasteiger partial charge in [-0.15, -0.1) is 11.3 Å². The molecule has 1 aromatic heterocycles. The van der Waals surface area contributed by atoms with Crippen molar-refractivity contribution in [2.75, 3.05) is 11.9 Å². The van der Waals surface area contributed by atoms with Gasteiger partial charge in [0.05, 0.1) is 17.7 Å². The molecule has 0 atom stereocenters. The van der Waals surface area contributed by atoms with Crippen LogP contribution in [0.5, 0.6) is 5.75 Å². The van der Waals surface area contributed by atoms with E-state index >= 15 is 0 Å². The van der Waals surface area contributed by atoms with Crippen LogP contribution < -0.4 is 10.1 Å². The number of ether oxygens (including phenoxy) is 2. The van der Waals surface area contributed by atoms with E-state index in [1.165, 1.54) is 29.5 Å². The van der Waals surface area contributed by atoms with Crippen LogP contribution in [0.15, 0.2) is 60.2 Å². The zero-order chi connectivity index (χ0) is 27.9. The molecular formula is C28H25F3N2O4S. The molecule has 0 fully saturated rings. The molecule has 0 unspecified atom stereocenters. The van der Waals surface area contributed by atoms with E-state index in [4.69, 9.17) is 9.47 Å². The van der Waals surface area contributed by atoms with E-state index in [1.54, 1.807) is 37.3 Å². The Morgan fingerprint density at radius 1 is 1.13 bits per heavy atom. The van der Waals surface area contributed by atoms with Crippen LogP contribution in [-0.4, -0.2) is 18.5 Å². The van der Waals surface area contributed by atoms with E-state index in [-0.39, 0.29) is 41.0 Å². The minimum Gasteiger partial charge on any atom is -0.488 e. The fraction of sp³-hybridized carbons (Fsp3) is 0.250. The lowest BCUT2D eigenvalue weighted by Crippen LogP contribution is -2.15. The summed E-state index contributed by atoms with van der Waals surface area (Å²) < 4.78 is 49.9. The molecule has 1 amide bonds. The van der Waals surface area contributed by atoms with E-state index in [2.05, 4.69) is 5.32 Å². The van der Waals surface area contributed by atoms with Gasteiger partial charge in [-0.05, 0) is 48.7 Å². The number of nitriles is 1. The van der Waals surface area contributed by atoms with Crippen molar-refractivity contribution in [3.8, 4) is 11.8 Å². The van der Waals surface area contributed by atoms with Gasteiger partial charge in [-0.3, -0.25) is 4.79 Å². The molecule has 198 valence electrons. The van der Waals surface area contributed by atoms with Crippen LogP contribution in [0, 0.1) is 11.3 Å². The number of nitrogens with zero attached hydrogens (tertiary/aromatic N) is 1. The van der Waals surface area contributed by atoms with Crippen molar-refractivity contribution in [2.45, 2.75) is 39.5 Å². The Kier molecular flexibility index (Phi) is 9.31. The molecule has 0 saturated carbocycles. The number of rotatable bonds is 9. The van der Waals surface area contributed by atoms with Gasteiger partial charge >= 0.3 is 12.1 Å². The summed E-state index contributed by atoms with van der Waals surface area (Å²) in [5.74, 6) is -0.939. The van der Waals surface area contributed by atoms with Gasteiger partial charge in [0.25, 0.3) is 5.91 Å². The lowest BCUT2D eigenvalue weighted by Gasteiger charge is -2.12. The van der Waals surface area contributed by atoms with Crippen molar-refractivity contribution in [3.63, 3.8) is 0 Å². The smallest absolute Gasteiger partial charge is 0.416 e. The second-order valence-corrected chi connectivity index (χ2v) is 9.50. The van der Waals surface area contributed by atoms with Gasteiger partial charge in [-0.2, -0.15) is 18.4 Å². The van der Waals surface area contributed by atoms with E-state index in [1.807, 2.05) is 19.9 Å². The lowest BCUT2D eigenvalue weighted by atomic mass is 10.1. The van der Waals surface area contributed by atoms with Crippen molar-refractivity contribution >= 4 is 34.3 Å². The molecule has 0 aliphatic heterocycles.